The highest BCUT2D eigenvalue weighted by Crippen LogP contribution is 2.25. The highest BCUT2D eigenvalue weighted by Gasteiger charge is 2.29. The van der Waals surface area contributed by atoms with Crippen molar-refractivity contribution in [2.24, 2.45) is 0 Å². The van der Waals surface area contributed by atoms with Crippen molar-refractivity contribution in [2.75, 3.05) is 49.5 Å². The zero-order valence-electron chi connectivity index (χ0n) is 19.0. The number of anilines is 2. The first-order valence-corrected chi connectivity index (χ1v) is 12.4. The molecule has 1 N–H and O–H groups in total. The number of benzene rings is 1. The SMILES string of the molecule is CC(=O)Nc1ccccc1S(=O)(=O)N(CCCCN1CCN(c2ncccn2)CC1)C(C)=O. The van der Waals surface area contributed by atoms with Crippen LogP contribution < -0.4 is 10.2 Å². The summed E-state index contributed by atoms with van der Waals surface area (Å²) in [7, 11) is -4.08. The Kier molecular flexibility index (Phi) is 8.34. The molecule has 10 nitrogen and oxygen atoms in total. The van der Waals surface area contributed by atoms with Crippen LogP contribution in [0.15, 0.2) is 47.6 Å². The molecule has 1 aromatic heterocycles. The smallest absolute Gasteiger partial charge is 0.268 e. The lowest BCUT2D eigenvalue weighted by Gasteiger charge is -2.34. The van der Waals surface area contributed by atoms with Gasteiger partial charge in [-0.05, 0) is 37.6 Å². The van der Waals surface area contributed by atoms with Gasteiger partial charge in [-0.25, -0.2) is 22.7 Å². The van der Waals surface area contributed by atoms with Gasteiger partial charge >= 0.3 is 0 Å². The van der Waals surface area contributed by atoms with Gasteiger partial charge in [0.25, 0.3) is 10.0 Å². The summed E-state index contributed by atoms with van der Waals surface area (Å²) in [5.41, 5.74) is 0.163. The van der Waals surface area contributed by atoms with Crippen LogP contribution in [0.2, 0.25) is 0 Å². The summed E-state index contributed by atoms with van der Waals surface area (Å²) in [6.07, 6.45) is 4.77. The van der Waals surface area contributed by atoms with Crippen LogP contribution >= 0.6 is 0 Å². The molecule has 0 spiro atoms. The lowest BCUT2D eigenvalue weighted by molar-refractivity contribution is -0.124. The Hall–Kier alpha value is -3.05. The maximum atomic E-state index is 13.2. The number of hydrogen-bond acceptors (Lipinski definition) is 8. The van der Waals surface area contributed by atoms with Gasteiger partial charge in [-0.3, -0.25) is 14.5 Å². The first-order chi connectivity index (χ1) is 15.8. The van der Waals surface area contributed by atoms with E-state index in [1.165, 1.54) is 26.0 Å². The van der Waals surface area contributed by atoms with Crippen LogP contribution in [0.1, 0.15) is 26.7 Å². The van der Waals surface area contributed by atoms with E-state index in [0.717, 1.165) is 49.4 Å². The first-order valence-electron chi connectivity index (χ1n) is 10.9. The maximum Gasteiger partial charge on any atom is 0.268 e. The van der Waals surface area contributed by atoms with Gasteiger partial charge in [-0.15, -0.1) is 0 Å². The van der Waals surface area contributed by atoms with Crippen molar-refractivity contribution in [3.05, 3.63) is 42.7 Å². The summed E-state index contributed by atoms with van der Waals surface area (Å²) in [6.45, 7) is 6.86. The molecule has 0 unspecified atom stereocenters. The van der Waals surface area contributed by atoms with Gasteiger partial charge in [-0.2, -0.15) is 0 Å². The number of aromatic nitrogens is 2. The zero-order valence-corrected chi connectivity index (χ0v) is 19.8. The molecule has 0 saturated carbocycles. The molecule has 2 aromatic rings. The van der Waals surface area contributed by atoms with Crippen LogP contribution in [-0.4, -0.2) is 78.7 Å². The van der Waals surface area contributed by atoms with E-state index in [0.29, 0.717) is 6.42 Å². The van der Waals surface area contributed by atoms with Crippen molar-refractivity contribution >= 4 is 33.5 Å². The van der Waals surface area contributed by atoms with Crippen molar-refractivity contribution in [2.45, 2.75) is 31.6 Å². The first kappa shape index (κ1) is 24.6. The van der Waals surface area contributed by atoms with Crippen LogP contribution in [0.4, 0.5) is 11.6 Å². The van der Waals surface area contributed by atoms with Crippen LogP contribution in [0.5, 0.6) is 0 Å². The van der Waals surface area contributed by atoms with E-state index in [2.05, 4.69) is 25.1 Å². The molecule has 11 heteroatoms. The summed E-state index contributed by atoms with van der Waals surface area (Å²) in [5, 5.41) is 2.52. The standard InChI is InChI=1S/C22H30N6O4S/c1-18(29)25-20-8-3-4-9-21(20)33(31,32)28(19(2)30)13-6-5-12-26-14-16-27(17-15-26)22-23-10-7-11-24-22/h3-4,7-11H,5-6,12-17H2,1-2H3,(H,25,29). The molecule has 178 valence electrons. The molecule has 0 radical (unpaired) electrons. The third-order valence-electron chi connectivity index (χ3n) is 5.41. The maximum absolute atomic E-state index is 13.2. The van der Waals surface area contributed by atoms with Gasteiger partial charge < -0.3 is 10.2 Å². The minimum Gasteiger partial charge on any atom is -0.338 e. The second-order valence-corrected chi connectivity index (χ2v) is 9.69. The molecule has 2 amide bonds. The van der Waals surface area contributed by atoms with E-state index in [1.807, 2.05) is 0 Å². The Labute approximate surface area is 194 Å². The summed E-state index contributed by atoms with van der Waals surface area (Å²) in [6, 6.07) is 7.89. The number of hydrogen-bond donors (Lipinski definition) is 1. The Balaban J connectivity index is 1.53. The Morgan fingerprint density at radius 2 is 1.67 bits per heavy atom. The van der Waals surface area contributed by atoms with Gasteiger partial charge in [0.1, 0.15) is 4.90 Å². The third kappa shape index (κ3) is 6.48. The Morgan fingerprint density at radius 1 is 1.00 bits per heavy atom. The lowest BCUT2D eigenvalue weighted by Crippen LogP contribution is -2.47. The second-order valence-electron chi connectivity index (χ2n) is 7.86. The minimum absolute atomic E-state index is 0.0872. The number of amides is 2. The highest BCUT2D eigenvalue weighted by molar-refractivity contribution is 7.89. The van der Waals surface area contributed by atoms with Gasteiger partial charge in [-0.1, -0.05) is 12.1 Å². The molecule has 0 bridgehead atoms. The monoisotopic (exact) mass is 474 g/mol. The summed E-state index contributed by atoms with van der Waals surface area (Å²) in [4.78, 5) is 36.6. The van der Waals surface area contributed by atoms with Crippen LogP contribution in [0, 0.1) is 0 Å². The summed E-state index contributed by atoms with van der Waals surface area (Å²) >= 11 is 0. The van der Waals surface area contributed by atoms with Gasteiger partial charge in [0.05, 0.1) is 5.69 Å². The molecule has 0 aliphatic carbocycles. The highest BCUT2D eigenvalue weighted by atomic mass is 32.2. The molecule has 1 fully saturated rings. The van der Waals surface area contributed by atoms with E-state index in [4.69, 9.17) is 0 Å². The van der Waals surface area contributed by atoms with Crippen LogP contribution in [-0.2, 0) is 19.6 Å². The van der Waals surface area contributed by atoms with Crippen molar-refractivity contribution < 1.29 is 18.0 Å². The number of rotatable bonds is 9. The largest absolute Gasteiger partial charge is 0.338 e. The predicted octanol–water partition coefficient (Wildman–Crippen LogP) is 1.57. The van der Waals surface area contributed by atoms with Crippen molar-refractivity contribution in [3.8, 4) is 0 Å². The molecule has 33 heavy (non-hydrogen) atoms. The average Bonchev–Trinajstić information content (AvgIpc) is 2.79. The number of carbonyl (C=O) groups is 2. The third-order valence-corrected chi connectivity index (χ3v) is 7.34. The normalized spacial score (nSPS) is 14.7. The fourth-order valence-corrected chi connectivity index (χ4v) is 5.36. The molecule has 1 aliphatic heterocycles. The number of unbranched alkanes of at least 4 members (excludes halogenated alkanes) is 1. The topological polar surface area (TPSA) is 116 Å². The molecule has 1 aliphatic rings. The molecule has 1 saturated heterocycles. The Bertz CT molecular complexity index is 1060. The molecule has 0 atom stereocenters. The molecular formula is C22H30N6O4S. The quantitative estimate of drug-likeness (QED) is 0.545. The molecule has 2 heterocycles. The molecule has 1 aromatic carbocycles. The fraction of sp³-hybridized carbons (Fsp3) is 0.455. The minimum atomic E-state index is -4.08. The van der Waals surface area contributed by atoms with E-state index in [9.17, 15) is 18.0 Å². The van der Waals surface area contributed by atoms with Crippen LogP contribution in [0.3, 0.4) is 0 Å². The number of piperazine rings is 1. The van der Waals surface area contributed by atoms with Crippen molar-refractivity contribution in [3.63, 3.8) is 0 Å². The zero-order chi connectivity index (χ0) is 23.8. The van der Waals surface area contributed by atoms with Crippen LogP contribution in [0.25, 0.3) is 0 Å². The van der Waals surface area contributed by atoms with E-state index in [-0.39, 0.29) is 23.0 Å². The van der Waals surface area contributed by atoms with Gasteiger partial charge in [0.2, 0.25) is 17.8 Å². The average molecular weight is 475 g/mol. The number of sulfonamides is 1. The number of carbonyl (C=O) groups excluding carboxylic acids is 2. The predicted molar refractivity (Wildman–Crippen MR) is 125 cm³/mol. The number of para-hydroxylation sites is 1. The summed E-state index contributed by atoms with van der Waals surface area (Å²) < 4.78 is 27.2. The van der Waals surface area contributed by atoms with Crippen molar-refractivity contribution in [1.29, 1.82) is 0 Å². The van der Waals surface area contributed by atoms with Crippen molar-refractivity contribution in [1.82, 2.24) is 19.2 Å². The summed E-state index contributed by atoms with van der Waals surface area (Å²) in [5.74, 6) is -0.200. The second kappa shape index (κ2) is 11.2. The lowest BCUT2D eigenvalue weighted by atomic mass is 10.2. The van der Waals surface area contributed by atoms with E-state index < -0.39 is 15.9 Å². The van der Waals surface area contributed by atoms with Gasteiger partial charge in [0.15, 0.2) is 0 Å². The molecule has 3 rings (SSSR count). The fourth-order valence-electron chi connectivity index (χ4n) is 3.77. The molecular weight excluding hydrogens is 444 g/mol. The van der Waals surface area contributed by atoms with Gasteiger partial charge in [0, 0.05) is 59.0 Å². The van der Waals surface area contributed by atoms with E-state index in [1.54, 1.807) is 30.6 Å². The number of nitrogens with zero attached hydrogens (tertiary/aromatic N) is 5. The number of nitrogens with one attached hydrogen (secondary N) is 1. The Morgan fingerprint density at radius 3 is 2.30 bits per heavy atom. The van der Waals surface area contributed by atoms with E-state index >= 15 is 0 Å².